The fourth-order valence-corrected chi connectivity index (χ4v) is 3.40. The molecule has 2 heterocycles. The Morgan fingerprint density at radius 1 is 1.09 bits per heavy atom. The molecule has 1 aromatic heterocycles. The summed E-state index contributed by atoms with van der Waals surface area (Å²) in [4.78, 5) is 21.2. The monoisotopic (exact) mass is 313 g/mol. The lowest BCUT2D eigenvalue weighted by molar-refractivity contribution is 0.131. The molecule has 1 aliphatic rings. The highest BCUT2D eigenvalue weighted by molar-refractivity contribution is 5.80. The van der Waals surface area contributed by atoms with Crippen molar-refractivity contribution in [1.29, 1.82) is 0 Å². The normalized spacial score (nSPS) is 17.0. The van der Waals surface area contributed by atoms with Gasteiger partial charge in [-0.1, -0.05) is 19.9 Å². The second-order valence-electron chi connectivity index (χ2n) is 6.50. The van der Waals surface area contributed by atoms with Gasteiger partial charge in [-0.05, 0) is 37.6 Å². The van der Waals surface area contributed by atoms with E-state index < -0.39 is 0 Å². The number of aromatic nitrogens is 1. The maximum Gasteiger partial charge on any atom is 0.194 e. The molecule has 0 amide bonds. The fourth-order valence-electron chi connectivity index (χ4n) is 3.40. The Morgan fingerprint density at radius 3 is 2.43 bits per heavy atom. The van der Waals surface area contributed by atoms with Crippen molar-refractivity contribution in [2.75, 3.05) is 32.7 Å². The summed E-state index contributed by atoms with van der Waals surface area (Å²) in [5, 5.41) is 0.831. The summed E-state index contributed by atoms with van der Waals surface area (Å²) in [6.45, 7) is 12.5. The largest absolute Gasteiger partial charge is 0.358 e. The Bertz CT molecular complexity index is 742. The number of H-pyrrole nitrogens is 1. The molecule has 0 spiro atoms. The summed E-state index contributed by atoms with van der Waals surface area (Å²) in [5.74, 6) is 0. The third-order valence-corrected chi connectivity index (χ3v) is 5.08. The molecule has 0 aliphatic carbocycles. The summed E-state index contributed by atoms with van der Waals surface area (Å²) in [7, 11) is 0. The van der Waals surface area contributed by atoms with Crippen LogP contribution in [0.3, 0.4) is 0 Å². The van der Waals surface area contributed by atoms with E-state index in [1.54, 1.807) is 0 Å². The number of fused-ring (bicyclic) bond motifs is 1. The number of rotatable bonds is 4. The predicted molar refractivity (Wildman–Crippen MR) is 96.1 cm³/mol. The van der Waals surface area contributed by atoms with Crippen molar-refractivity contribution in [3.8, 4) is 0 Å². The molecule has 0 unspecified atom stereocenters. The fraction of sp³-hybridized carbons (Fsp3) is 0.526. The smallest absolute Gasteiger partial charge is 0.194 e. The van der Waals surface area contributed by atoms with Crippen molar-refractivity contribution in [1.82, 2.24) is 14.8 Å². The maximum absolute atomic E-state index is 13.0. The zero-order chi connectivity index (χ0) is 16.4. The standard InChI is InChI=1S/C19H27N3O/c1-4-15-6-7-18-16(12-15)19(23)17(14(3)20-18)13-22-10-8-21(5-2)9-11-22/h6-7,12H,4-5,8-11,13H2,1-3H3,(H,20,23). The van der Waals surface area contributed by atoms with Gasteiger partial charge in [0.15, 0.2) is 5.43 Å². The quantitative estimate of drug-likeness (QED) is 0.943. The molecule has 4 nitrogen and oxygen atoms in total. The second-order valence-corrected chi connectivity index (χ2v) is 6.50. The molecule has 0 bridgehead atoms. The minimum Gasteiger partial charge on any atom is -0.358 e. The van der Waals surface area contributed by atoms with Gasteiger partial charge in [0.25, 0.3) is 0 Å². The van der Waals surface area contributed by atoms with Crippen LogP contribution in [0.4, 0.5) is 0 Å². The molecule has 1 saturated heterocycles. The van der Waals surface area contributed by atoms with Gasteiger partial charge in [-0.15, -0.1) is 0 Å². The molecule has 0 radical (unpaired) electrons. The van der Waals surface area contributed by atoms with Gasteiger partial charge < -0.3 is 9.88 Å². The topological polar surface area (TPSA) is 39.3 Å². The number of nitrogens with one attached hydrogen (secondary N) is 1. The van der Waals surface area contributed by atoms with Crippen LogP contribution in [0.1, 0.15) is 30.7 Å². The summed E-state index contributed by atoms with van der Waals surface area (Å²) in [6, 6.07) is 6.18. The second kappa shape index (κ2) is 6.85. The Balaban J connectivity index is 1.90. The van der Waals surface area contributed by atoms with Crippen LogP contribution < -0.4 is 5.43 Å². The number of likely N-dealkylation sites (N-methyl/N-ethyl adjacent to an activating group) is 1. The van der Waals surface area contributed by atoms with Crippen LogP contribution in [-0.2, 0) is 13.0 Å². The van der Waals surface area contributed by atoms with E-state index >= 15 is 0 Å². The van der Waals surface area contributed by atoms with Gasteiger partial charge in [-0.3, -0.25) is 9.69 Å². The SMILES string of the molecule is CCc1ccc2[nH]c(C)c(CN3CCN(CC)CC3)c(=O)c2c1. The van der Waals surface area contributed by atoms with E-state index in [9.17, 15) is 4.79 Å². The van der Waals surface area contributed by atoms with E-state index in [4.69, 9.17) is 0 Å². The average molecular weight is 313 g/mol. The van der Waals surface area contributed by atoms with Crippen LogP contribution >= 0.6 is 0 Å². The number of aromatic amines is 1. The molecule has 0 saturated carbocycles. The van der Waals surface area contributed by atoms with Gasteiger partial charge in [0.05, 0.1) is 0 Å². The van der Waals surface area contributed by atoms with E-state index in [2.05, 4.69) is 34.7 Å². The maximum atomic E-state index is 13.0. The molecule has 1 fully saturated rings. The van der Waals surface area contributed by atoms with Gasteiger partial charge in [0, 0.05) is 54.9 Å². The molecule has 2 aromatic rings. The molecule has 1 aromatic carbocycles. The Labute approximate surface area is 138 Å². The molecule has 1 aliphatic heterocycles. The Morgan fingerprint density at radius 2 is 1.78 bits per heavy atom. The van der Waals surface area contributed by atoms with Gasteiger partial charge in [-0.25, -0.2) is 0 Å². The minimum atomic E-state index is 0.199. The van der Waals surface area contributed by atoms with Crippen LogP contribution in [0.2, 0.25) is 0 Å². The predicted octanol–water partition coefficient (Wildman–Crippen LogP) is 2.54. The Kier molecular flexibility index (Phi) is 4.83. The first-order chi connectivity index (χ1) is 11.1. The summed E-state index contributed by atoms with van der Waals surface area (Å²) in [5.41, 5.74) is 4.29. The van der Waals surface area contributed by atoms with Crippen molar-refractivity contribution in [2.24, 2.45) is 0 Å². The van der Waals surface area contributed by atoms with Crippen LogP contribution in [0, 0.1) is 6.92 Å². The number of nitrogens with zero attached hydrogens (tertiary/aromatic N) is 2. The number of piperazine rings is 1. The zero-order valence-corrected chi connectivity index (χ0v) is 14.5. The summed E-state index contributed by atoms with van der Waals surface area (Å²) < 4.78 is 0. The van der Waals surface area contributed by atoms with Crippen LogP contribution in [-0.4, -0.2) is 47.5 Å². The Hall–Kier alpha value is -1.65. The molecule has 23 heavy (non-hydrogen) atoms. The van der Waals surface area contributed by atoms with Crippen LogP contribution in [0.15, 0.2) is 23.0 Å². The van der Waals surface area contributed by atoms with E-state index in [1.165, 1.54) is 5.56 Å². The first kappa shape index (κ1) is 16.2. The lowest BCUT2D eigenvalue weighted by Gasteiger charge is -2.34. The lowest BCUT2D eigenvalue weighted by atomic mass is 10.0. The summed E-state index contributed by atoms with van der Waals surface area (Å²) in [6.07, 6.45) is 0.956. The van der Waals surface area contributed by atoms with Crippen LogP contribution in [0.25, 0.3) is 10.9 Å². The van der Waals surface area contributed by atoms with Crippen molar-refractivity contribution < 1.29 is 0 Å². The molecule has 3 rings (SSSR count). The first-order valence-electron chi connectivity index (χ1n) is 8.71. The van der Waals surface area contributed by atoms with Gasteiger partial charge in [0.1, 0.15) is 0 Å². The first-order valence-corrected chi connectivity index (χ1v) is 8.71. The van der Waals surface area contributed by atoms with Crippen molar-refractivity contribution in [3.05, 3.63) is 45.2 Å². The van der Waals surface area contributed by atoms with E-state index in [1.807, 2.05) is 19.1 Å². The number of aryl methyl sites for hydroxylation is 2. The lowest BCUT2D eigenvalue weighted by Crippen LogP contribution is -2.46. The highest BCUT2D eigenvalue weighted by atomic mass is 16.1. The van der Waals surface area contributed by atoms with E-state index in [-0.39, 0.29) is 5.43 Å². The third-order valence-electron chi connectivity index (χ3n) is 5.08. The number of pyridine rings is 1. The van der Waals surface area contributed by atoms with Crippen molar-refractivity contribution in [3.63, 3.8) is 0 Å². The van der Waals surface area contributed by atoms with E-state index in [0.717, 1.165) is 67.8 Å². The minimum absolute atomic E-state index is 0.199. The molecule has 124 valence electrons. The molecular formula is C19H27N3O. The molecule has 0 atom stereocenters. The number of benzene rings is 1. The van der Waals surface area contributed by atoms with E-state index in [0.29, 0.717) is 0 Å². The van der Waals surface area contributed by atoms with Crippen molar-refractivity contribution in [2.45, 2.75) is 33.7 Å². The zero-order valence-electron chi connectivity index (χ0n) is 14.5. The number of hydrogen-bond donors (Lipinski definition) is 1. The van der Waals surface area contributed by atoms with Gasteiger partial charge >= 0.3 is 0 Å². The average Bonchev–Trinajstić information content (AvgIpc) is 2.59. The van der Waals surface area contributed by atoms with Crippen LogP contribution in [0.5, 0.6) is 0 Å². The molecule has 4 heteroatoms. The number of hydrogen-bond acceptors (Lipinski definition) is 3. The molecule has 1 N–H and O–H groups in total. The third kappa shape index (κ3) is 3.33. The van der Waals surface area contributed by atoms with Gasteiger partial charge in [0.2, 0.25) is 0 Å². The highest BCUT2D eigenvalue weighted by Gasteiger charge is 2.18. The van der Waals surface area contributed by atoms with Gasteiger partial charge in [-0.2, -0.15) is 0 Å². The highest BCUT2D eigenvalue weighted by Crippen LogP contribution is 2.16. The van der Waals surface area contributed by atoms with Crippen molar-refractivity contribution >= 4 is 10.9 Å². The molecular weight excluding hydrogens is 286 g/mol. The summed E-state index contributed by atoms with van der Waals surface area (Å²) >= 11 is 0.